The van der Waals surface area contributed by atoms with E-state index in [0.29, 0.717) is 24.3 Å². The van der Waals surface area contributed by atoms with Gasteiger partial charge in [-0.1, -0.05) is 31.0 Å². The first-order valence-corrected chi connectivity index (χ1v) is 10.5. The zero-order valence-electron chi connectivity index (χ0n) is 16.5. The number of aromatic nitrogens is 1. The van der Waals surface area contributed by atoms with Gasteiger partial charge in [0.1, 0.15) is 11.5 Å². The lowest BCUT2D eigenvalue weighted by molar-refractivity contribution is 0.0856. The van der Waals surface area contributed by atoms with E-state index in [4.69, 9.17) is 4.74 Å². The minimum atomic E-state index is -0.547. The van der Waals surface area contributed by atoms with Crippen LogP contribution >= 0.6 is 0 Å². The molecule has 150 valence electrons. The minimum Gasteiger partial charge on any atom is -0.507 e. The van der Waals surface area contributed by atoms with Gasteiger partial charge in [0, 0.05) is 30.1 Å². The number of likely N-dealkylation sites (tertiary alicyclic amines) is 1. The number of carbonyl (C=O) groups is 1. The van der Waals surface area contributed by atoms with Gasteiger partial charge in [-0.2, -0.15) is 0 Å². The molecule has 29 heavy (non-hydrogen) atoms. The maximum absolute atomic E-state index is 13.0. The van der Waals surface area contributed by atoms with Gasteiger partial charge in [0.25, 0.3) is 0 Å². The first kappa shape index (κ1) is 18.3. The summed E-state index contributed by atoms with van der Waals surface area (Å²) in [5.41, 5.74) is 3.48. The van der Waals surface area contributed by atoms with Gasteiger partial charge >= 0.3 is 0 Å². The molecule has 3 aromatic rings. The number of aromatic amines is 1. The summed E-state index contributed by atoms with van der Waals surface area (Å²) in [6.45, 7) is 2.67. The normalized spacial score (nSPS) is 19.9. The Hall–Kier alpha value is -2.79. The van der Waals surface area contributed by atoms with E-state index < -0.39 is 6.10 Å². The number of ether oxygens (including phenoxy) is 1. The second-order valence-corrected chi connectivity index (χ2v) is 8.16. The predicted octanol–water partition coefficient (Wildman–Crippen LogP) is 4.44. The monoisotopic (exact) mass is 390 g/mol. The van der Waals surface area contributed by atoms with Crippen LogP contribution in [0.4, 0.5) is 0 Å². The lowest BCUT2D eigenvalue weighted by atomic mass is 10.00. The molecule has 5 nitrogen and oxygen atoms in total. The molecule has 1 fully saturated rings. The number of hydrogen-bond donors (Lipinski definition) is 2. The van der Waals surface area contributed by atoms with E-state index in [1.807, 2.05) is 24.4 Å². The van der Waals surface area contributed by atoms with Gasteiger partial charge in [-0.3, -0.25) is 9.69 Å². The molecule has 5 heteroatoms. The molecule has 1 saturated heterocycles. The number of phenolic OH excluding ortho intramolecular Hbond substituents is 1. The molecule has 1 aromatic heterocycles. The van der Waals surface area contributed by atoms with Gasteiger partial charge in [-0.15, -0.1) is 0 Å². The number of nitrogens with one attached hydrogen (secondary N) is 1. The van der Waals surface area contributed by atoms with E-state index in [1.54, 1.807) is 12.1 Å². The van der Waals surface area contributed by atoms with Gasteiger partial charge < -0.3 is 14.8 Å². The summed E-state index contributed by atoms with van der Waals surface area (Å²) in [6, 6.07) is 11.4. The molecule has 2 aliphatic rings. The second kappa shape index (κ2) is 7.56. The van der Waals surface area contributed by atoms with E-state index in [2.05, 4.69) is 16.0 Å². The molecule has 0 saturated carbocycles. The number of Topliss-reactive ketones (excluding diaryl/α,β-unsaturated/α-hetero) is 1. The SMILES string of the molecule is O=C1c2ccc(O)c(CN3CCCCCC3)c2OC1Cc1c[nH]c2ccccc12. The number of benzene rings is 2. The van der Waals surface area contributed by atoms with Gasteiger partial charge in [0.15, 0.2) is 6.10 Å². The predicted molar refractivity (Wildman–Crippen MR) is 113 cm³/mol. The Bertz CT molecular complexity index is 1050. The van der Waals surface area contributed by atoms with Crippen LogP contribution in [0, 0.1) is 0 Å². The highest BCUT2D eigenvalue weighted by Gasteiger charge is 2.36. The lowest BCUT2D eigenvalue weighted by Gasteiger charge is -2.21. The molecule has 2 aliphatic heterocycles. The zero-order valence-corrected chi connectivity index (χ0v) is 16.5. The van der Waals surface area contributed by atoms with Crippen molar-refractivity contribution in [3.63, 3.8) is 0 Å². The Balaban J connectivity index is 1.41. The van der Waals surface area contributed by atoms with Crippen molar-refractivity contribution in [2.75, 3.05) is 13.1 Å². The Morgan fingerprint density at radius 2 is 1.86 bits per heavy atom. The summed E-state index contributed by atoms with van der Waals surface area (Å²) in [6.07, 6.45) is 6.81. The van der Waals surface area contributed by atoms with E-state index in [-0.39, 0.29) is 11.5 Å². The fraction of sp³-hybridized carbons (Fsp3) is 0.375. The van der Waals surface area contributed by atoms with Crippen LogP contribution in [0.2, 0.25) is 0 Å². The smallest absolute Gasteiger partial charge is 0.207 e. The number of phenols is 1. The first-order valence-electron chi connectivity index (χ1n) is 10.5. The number of carbonyl (C=O) groups excluding carboxylic acids is 1. The first-order chi connectivity index (χ1) is 14.2. The van der Waals surface area contributed by atoms with E-state index in [9.17, 15) is 9.90 Å². The fourth-order valence-electron chi connectivity index (χ4n) is 4.62. The van der Waals surface area contributed by atoms with Crippen molar-refractivity contribution in [3.05, 3.63) is 59.3 Å². The van der Waals surface area contributed by atoms with Crippen LogP contribution in [0.25, 0.3) is 10.9 Å². The Kier molecular flexibility index (Phi) is 4.76. The molecule has 0 radical (unpaired) electrons. The molecule has 5 rings (SSSR count). The van der Waals surface area contributed by atoms with Crippen LogP contribution in [-0.4, -0.2) is 40.0 Å². The van der Waals surface area contributed by atoms with Gasteiger partial charge in [0.05, 0.1) is 11.1 Å². The van der Waals surface area contributed by atoms with Crippen molar-refractivity contribution in [3.8, 4) is 11.5 Å². The van der Waals surface area contributed by atoms with Crippen molar-refractivity contribution in [2.24, 2.45) is 0 Å². The summed E-state index contributed by atoms with van der Waals surface area (Å²) in [5.74, 6) is 0.792. The van der Waals surface area contributed by atoms with Gasteiger partial charge in [0.2, 0.25) is 5.78 Å². The number of fused-ring (bicyclic) bond motifs is 2. The maximum Gasteiger partial charge on any atom is 0.207 e. The van der Waals surface area contributed by atoms with Crippen LogP contribution in [0.3, 0.4) is 0 Å². The van der Waals surface area contributed by atoms with E-state index >= 15 is 0 Å². The van der Waals surface area contributed by atoms with Crippen molar-refractivity contribution < 1.29 is 14.6 Å². The third-order valence-electron chi connectivity index (χ3n) is 6.21. The quantitative estimate of drug-likeness (QED) is 0.691. The van der Waals surface area contributed by atoms with Crippen LogP contribution in [-0.2, 0) is 13.0 Å². The molecule has 0 aliphatic carbocycles. The van der Waals surface area contributed by atoms with Gasteiger partial charge in [-0.05, 0) is 49.7 Å². The number of para-hydroxylation sites is 1. The highest BCUT2D eigenvalue weighted by Crippen LogP contribution is 2.39. The summed E-state index contributed by atoms with van der Waals surface area (Å²) in [4.78, 5) is 18.7. The Labute approximate surface area is 170 Å². The molecular formula is C24H26N2O3. The minimum absolute atomic E-state index is 0.00222. The van der Waals surface area contributed by atoms with Crippen LogP contribution in [0.15, 0.2) is 42.6 Å². The number of ketones is 1. The number of nitrogens with zero attached hydrogens (tertiary/aromatic N) is 1. The average molecular weight is 390 g/mol. The van der Waals surface area contributed by atoms with Crippen molar-refractivity contribution in [2.45, 2.75) is 44.8 Å². The maximum atomic E-state index is 13.0. The molecule has 1 unspecified atom stereocenters. The van der Waals surface area contributed by atoms with Crippen molar-refractivity contribution >= 4 is 16.7 Å². The molecule has 1 atom stereocenters. The highest BCUT2D eigenvalue weighted by molar-refractivity contribution is 6.05. The van der Waals surface area contributed by atoms with E-state index in [0.717, 1.165) is 35.1 Å². The molecule has 0 bridgehead atoms. The Morgan fingerprint density at radius 1 is 1.07 bits per heavy atom. The van der Waals surface area contributed by atoms with Gasteiger partial charge in [-0.25, -0.2) is 0 Å². The number of aromatic hydroxyl groups is 1. The van der Waals surface area contributed by atoms with Crippen molar-refractivity contribution in [1.29, 1.82) is 0 Å². The standard InChI is InChI=1S/C24H26N2O3/c27-21-10-9-18-23(28)22(13-16-14-25-20-8-4-3-7-17(16)20)29-24(18)19(21)15-26-11-5-1-2-6-12-26/h3-4,7-10,14,22,25,27H,1-2,5-6,11-13,15H2. The van der Waals surface area contributed by atoms with Crippen LogP contribution in [0.5, 0.6) is 11.5 Å². The summed E-state index contributed by atoms with van der Waals surface area (Å²) >= 11 is 0. The highest BCUT2D eigenvalue weighted by atomic mass is 16.5. The molecule has 3 heterocycles. The zero-order chi connectivity index (χ0) is 19.8. The van der Waals surface area contributed by atoms with Crippen molar-refractivity contribution in [1.82, 2.24) is 9.88 Å². The number of H-pyrrole nitrogens is 1. The fourth-order valence-corrected chi connectivity index (χ4v) is 4.62. The summed E-state index contributed by atoms with van der Waals surface area (Å²) in [7, 11) is 0. The Morgan fingerprint density at radius 3 is 2.69 bits per heavy atom. The topological polar surface area (TPSA) is 65.6 Å². The average Bonchev–Trinajstić information content (AvgIpc) is 3.15. The third-order valence-corrected chi connectivity index (χ3v) is 6.21. The largest absolute Gasteiger partial charge is 0.507 e. The molecule has 0 amide bonds. The number of rotatable bonds is 4. The molecular weight excluding hydrogens is 364 g/mol. The van der Waals surface area contributed by atoms with Crippen LogP contribution in [0.1, 0.15) is 47.2 Å². The molecule has 2 N–H and O–H groups in total. The molecule has 2 aromatic carbocycles. The summed E-state index contributed by atoms with van der Waals surface area (Å²) in [5, 5.41) is 11.6. The third kappa shape index (κ3) is 3.40. The summed E-state index contributed by atoms with van der Waals surface area (Å²) < 4.78 is 6.18. The van der Waals surface area contributed by atoms with E-state index in [1.165, 1.54) is 25.7 Å². The lowest BCUT2D eigenvalue weighted by Crippen LogP contribution is -2.25. The molecule has 0 spiro atoms. The second-order valence-electron chi connectivity index (χ2n) is 8.16. The number of hydrogen-bond acceptors (Lipinski definition) is 4. The van der Waals surface area contributed by atoms with Crippen LogP contribution < -0.4 is 4.74 Å².